The van der Waals surface area contributed by atoms with E-state index in [0.29, 0.717) is 6.54 Å². The van der Waals surface area contributed by atoms with Crippen molar-refractivity contribution in [3.63, 3.8) is 0 Å². The lowest BCUT2D eigenvalue weighted by atomic mass is 10.2. The quantitative estimate of drug-likeness (QED) is 0.883. The molecule has 0 unspecified atom stereocenters. The van der Waals surface area contributed by atoms with E-state index in [0.717, 1.165) is 20.0 Å². The van der Waals surface area contributed by atoms with Crippen molar-refractivity contribution in [3.05, 3.63) is 57.5 Å². The summed E-state index contributed by atoms with van der Waals surface area (Å²) in [6.07, 6.45) is 0. The second kappa shape index (κ2) is 5.91. The molecule has 0 fully saturated rings. The van der Waals surface area contributed by atoms with Gasteiger partial charge in [0.25, 0.3) is 0 Å². The van der Waals surface area contributed by atoms with Gasteiger partial charge in [0.2, 0.25) is 0 Å². The van der Waals surface area contributed by atoms with Gasteiger partial charge in [-0.25, -0.2) is 0 Å². The van der Waals surface area contributed by atoms with Gasteiger partial charge in [0.15, 0.2) is 0 Å². The molecule has 0 aliphatic heterocycles. The van der Waals surface area contributed by atoms with E-state index in [1.54, 1.807) is 11.8 Å². The van der Waals surface area contributed by atoms with Gasteiger partial charge in [-0.15, -0.1) is 0 Å². The highest BCUT2D eigenvalue weighted by atomic mass is 79.9. The third kappa shape index (κ3) is 3.49. The Morgan fingerprint density at radius 3 is 2.47 bits per heavy atom. The second-order valence-corrected chi connectivity index (χ2v) is 5.98. The van der Waals surface area contributed by atoms with E-state index in [1.165, 1.54) is 4.90 Å². The SMILES string of the molecule is NCc1cc(Br)ccc1Sc1ccc(Cl)cc1. The van der Waals surface area contributed by atoms with Crippen LogP contribution in [0.4, 0.5) is 0 Å². The molecule has 0 atom stereocenters. The molecule has 2 aromatic rings. The average molecular weight is 329 g/mol. The van der Waals surface area contributed by atoms with Crippen molar-refractivity contribution >= 4 is 39.3 Å². The fraction of sp³-hybridized carbons (Fsp3) is 0.0769. The van der Waals surface area contributed by atoms with Crippen LogP contribution in [0.5, 0.6) is 0 Å². The fourth-order valence-electron chi connectivity index (χ4n) is 1.44. The van der Waals surface area contributed by atoms with Crippen LogP contribution in [-0.4, -0.2) is 0 Å². The van der Waals surface area contributed by atoms with E-state index in [4.69, 9.17) is 17.3 Å². The minimum atomic E-state index is 0.537. The molecule has 2 N–H and O–H groups in total. The molecule has 0 aromatic heterocycles. The summed E-state index contributed by atoms with van der Waals surface area (Å²) in [5.74, 6) is 0. The highest BCUT2D eigenvalue weighted by Crippen LogP contribution is 2.32. The number of halogens is 2. The highest BCUT2D eigenvalue weighted by Gasteiger charge is 2.04. The van der Waals surface area contributed by atoms with Gasteiger partial charge in [-0.1, -0.05) is 39.3 Å². The Labute approximate surface area is 118 Å². The number of nitrogens with two attached hydrogens (primary N) is 1. The van der Waals surface area contributed by atoms with Crippen molar-refractivity contribution in [2.45, 2.75) is 16.3 Å². The molecule has 0 amide bonds. The third-order valence-electron chi connectivity index (χ3n) is 2.28. The second-order valence-electron chi connectivity index (χ2n) is 3.51. The van der Waals surface area contributed by atoms with Crippen LogP contribution in [0.1, 0.15) is 5.56 Å². The van der Waals surface area contributed by atoms with E-state index < -0.39 is 0 Å². The van der Waals surface area contributed by atoms with Gasteiger partial charge in [-0.3, -0.25) is 0 Å². The van der Waals surface area contributed by atoms with Crippen LogP contribution in [0.25, 0.3) is 0 Å². The third-order valence-corrected chi connectivity index (χ3v) is 4.16. The Morgan fingerprint density at radius 2 is 1.82 bits per heavy atom. The molecular weight excluding hydrogens is 318 g/mol. The topological polar surface area (TPSA) is 26.0 Å². The molecule has 0 spiro atoms. The molecule has 0 aliphatic carbocycles. The molecule has 88 valence electrons. The van der Waals surface area contributed by atoms with Gasteiger partial charge >= 0.3 is 0 Å². The lowest BCUT2D eigenvalue weighted by molar-refractivity contribution is 1.02. The van der Waals surface area contributed by atoms with Crippen molar-refractivity contribution in [2.75, 3.05) is 0 Å². The van der Waals surface area contributed by atoms with Crippen LogP contribution in [-0.2, 0) is 6.54 Å². The van der Waals surface area contributed by atoms with Crippen LogP contribution < -0.4 is 5.73 Å². The minimum absolute atomic E-state index is 0.537. The number of hydrogen-bond donors (Lipinski definition) is 1. The van der Waals surface area contributed by atoms with Crippen molar-refractivity contribution in [1.29, 1.82) is 0 Å². The maximum atomic E-state index is 5.86. The summed E-state index contributed by atoms with van der Waals surface area (Å²) < 4.78 is 1.05. The molecule has 0 saturated carbocycles. The number of rotatable bonds is 3. The van der Waals surface area contributed by atoms with Gasteiger partial charge in [-0.05, 0) is 48.0 Å². The molecule has 0 bridgehead atoms. The van der Waals surface area contributed by atoms with Gasteiger partial charge in [0, 0.05) is 25.8 Å². The first-order chi connectivity index (χ1) is 8.19. The van der Waals surface area contributed by atoms with Crippen LogP contribution >= 0.6 is 39.3 Å². The Hall–Kier alpha value is -0.480. The first kappa shape index (κ1) is 13.0. The smallest absolute Gasteiger partial charge is 0.0406 e. The fourth-order valence-corrected chi connectivity index (χ4v) is 2.91. The van der Waals surface area contributed by atoms with Gasteiger partial charge in [0.1, 0.15) is 0 Å². The van der Waals surface area contributed by atoms with Crippen LogP contribution in [0.2, 0.25) is 5.02 Å². The standard InChI is InChI=1S/C13H11BrClNS/c14-10-1-6-13(9(7-10)8-16)17-12-4-2-11(15)3-5-12/h1-7H,8,16H2. The summed E-state index contributed by atoms with van der Waals surface area (Å²) in [4.78, 5) is 2.34. The number of benzene rings is 2. The Morgan fingerprint density at radius 1 is 1.12 bits per heavy atom. The van der Waals surface area contributed by atoms with Crippen molar-refractivity contribution in [2.24, 2.45) is 5.73 Å². The lowest BCUT2D eigenvalue weighted by Crippen LogP contribution is -1.98. The molecular formula is C13H11BrClNS. The van der Waals surface area contributed by atoms with Crippen molar-refractivity contribution < 1.29 is 0 Å². The molecule has 1 nitrogen and oxygen atoms in total. The first-order valence-corrected chi connectivity index (χ1v) is 7.09. The zero-order valence-electron chi connectivity index (χ0n) is 8.99. The van der Waals surface area contributed by atoms with Gasteiger partial charge < -0.3 is 5.73 Å². The lowest BCUT2D eigenvalue weighted by Gasteiger charge is -2.08. The van der Waals surface area contributed by atoms with E-state index in [1.807, 2.05) is 30.3 Å². The first-order valence-electron chi connectivity index (χ1n) is 5.11. The van der Waals surface area contributed by atoms with Crippen molar-refractivity contribution in [3.8, 4) is 0 Å². The predicted molar refractivity (Wildman–Crippen MR) is 77.6 cm³/mol. The van der Waals surface area contributed by atoms with E-state index in [-0.39, 0.29) is 0 Å². The van der Waals surface area contributed by atoms with Crippen molar-refractivity contribution in [1.82, 2.24) is 0 Å². The Balaban J connectivity index is 2.26. The summed E-state index contributed by atoms with van der Waals surface area (Å²) in [7, 11) is 0. The minimum Gasteiger partial charge on any atom is -0.326 e. The molecule has 0 heterocycles. The molecule has 0 radical (unpaired) electrons. The maximum absolute atomic E-state index is 5.86. The molecule has 4 heteroatoms. The summed E-state index contributed by atoms with van der Waals surface area (Å²) in [5.41, 5.74) is 6.88. The Kier molecular flexibility index (Phi) is 4.51. The van der Waals surface area contributed by atoms with Gasteiger partial charge in [-0.2, -0.15) is 0 Å². The summed E-state index contributed by atoms with van der Waals surface area (Å²) in [6, 6.07) is 14.0. The monoisotopic (exact) mass is 327 g/mol. The maximum Gasteiger partial charge on any atom is 0.0406 e. The number of hydrogen-bond acceptors (Lipinski definition) is 2. The molecule has 2 rings (SSSR count). The van der Waals surface area contributed by atoms with Crippen LogP contribution in [0, 0.1) is 0 Å². The van der Waals surface area contributed by atoms with E-state index in [2.05, 4.69) is 28.1 Å². The zero-order chi connectivity index (χ0) is 12.3. The molecule has 17 heavy (non-hydrogen) atoms. The largest absolute Gasteiger partial charge is 0.326 e. The highest BCUT2D eigenvalue weighted by molar-refractivity contribution is 9.10. The average Bonchev–Trinajstić information content (AvgIpc) is 2.34. The summed E-state index contributed by atoms with van der Waals surface area (Å²) >= 11 is 11.0. The van der Waals surface area contributed by atoms with E-state index >= 15 is 0 Å². The van der Waals surface area contributed by atoms with Crippen LogP contribution in [0.3, 0.4) is 0 Å². The zero-order valence-corrected chi connectivity index (χ0v) is 12.1. The molecule has 2 aromatic carbocycles. The predicted octanol–water partition coefficient (Wildman–Crippen LogP) is 4.71. The normalized spacial score (nSPS) is 10.5. The molecule has 0 saturated heterocycles. The molecule has 0 aliphatic rings. The van der Waals surface area contributed by atoms with Crippen LogP contribution in [0.15, 0.2) is 56.7 Å². The van der Waals surface area contributed by atoms with Gasteiger partial charge in [0.05, 0.1) is 0 Å². The Bertz CT molecular complexity index is 513. The summed E-state index contributed by atoms with van der Waals surface area (Å²) in [6.45, 7) is 0.537. The summed E-state index contributed by atoms with van der Waals surface area (Å²) in [5, 5.41) is 0.754. The van der Waals surface area contributed by atoms with E-state index in [9.17, 15) is 0 Å².